The molecule has 15 heavy (non-hydrogen) atoms. The minimum absolute atomic E-state index is 0.0541. The lowest BCUT2D eigenvalue weighted by atomic mass is 9.90. The largest absolute Gasteiger partial charge is 0.465 e. The average molecular weight is 213 g/mol. The second-order valence-corrected chi connectivity index (χ2v) is 4.33. The number of carbonyl (C=O) groups excluding carboxylic acids is 1. The minimum Gasteiger partial charge on any atom is -0.465 e. The topological polar surface area (TPSA) is 38.3 Å². The zero-order chi connectivity index (χ0) is 11.1. The van der Waals surface area contributed by atoms with Crippen LogP contribution < -0.4 is 5.32 Å². The average Bonchev–Trinajstić information content (AvgIpc) is 2.29. The Morgan fingerprint density at radius 1 is 1.47 bits per heavy atom. The van der Waals surface area contributed by atoms with Crippen molar-refractivity contribution in [3.63, 3.8) is 0 Å². The molecule has 0 aliphatic carbocycles. The minimum atomic E-state index is -0.0550. The Morgan fingerprint density at radius 2 is 2.27 bits per heavy atom. The first-order valence-corrected chi connectivity index (χ1v) is 6.18. The van der Waals surface area contributed by atoms with Gasteiger partial charge in [-0.15, -0.1) is 0 Å². The van der Waals surface area contributed by atoms with E-state index in [4.69, 9.17) is 4.74 Å². The van der Waals surface area contributed by atoms with E-state index in [9.17, 15) is 4.79 Å². The number of ether oxygens (including phenoxy) is 1. The maximum atomic E-state index is 11.6. The van der Waals surface area contributed by atoms with Crippen LogP contribution in [0.5, 0.6) is 0 Å². The Labute approximate surface area is 92.6 Å². The molecular weight excluding hydrogens is 190 g/mol. The molecule has 1 heterocycles. The van der Waals surface area contributed by atoms with Gasteiger partial charge < -0.3 is 10.1 Å². The first-order chi connectivity index (χ1) is 7.27. The Hall–Kier alpha value is -0.570. The molecule has 1 aliphatic rings. The van der Waals surface area contributed by atoms with Gasteiger partial charge in [0.05, 0.1) is 6.61 Å². The molecular formula is C12H23NO2. The summed E-state index contributed by atoms with van der Waals surface area (Å²) in [6.45, 7) is 5.81. The van der Waals surface area contributed by atoms with Crippen LogP contribution in [0.1, 0.15) is 46.0 Å². The van der Waals surface area contributed by atoms with Crippen LogP contribution in [-0.2, 0) is 9.53 Å². The standard InChI is InChI=1S/C12H23NO2/c1-3-5-8-15-12(14)11-9-10(4-2)6-7-13-11/h10-11,13H,3-9H2,1-2H3. The summed E-state index contributed by atoms with van der Waals surface area (Å²) < 4.78 is 5.21. The van der Waals surface area contributed by atoms with Crippen LogP contribution in [0.15, 0.2) is 0 Å². The molecule has 0 aromatic carbocycles. The van der Waals surface area contributed by atoms with E-state index in [2.05, 4.69) is 19.2 Å². The van der Waals surface area contributed by atoms with E-state index >= 15 is 0 Å². The van der Waals surface area contributed by atoms with Crippen LogP contribution in [0.2, 0.25) is 0 Å². The summed E-state index contributed by atoms with van der Waals surface area (Å²) in [5.41, 5.74) is 0. The number of esters is 1. The highest BCUT2D eigenvalue weighted by molar-refractivity contribution is 5.75. The second-order valence-electron chi connectivity index (χ2n) is 4.33. The quantitative estimate of drug-likeness (QED) is 0.561. The number of rotatable bonds is 5. The van der Waals surface area contributed by atoms with Gasteiger partial charge in [0.15, 0.2) is 0 Å². The first kappa shape index (κ1) is 12.5. The predicted octanol–water partition coefficient (Wildman–Crippen LogP) is 2.11. The van der Waals surface area contributed by atoms with Crippen molar-refractivity contribution in [2.75, 3.05) is 13.2 Å². The van der Waals surface area contributed by atoms with E-state index in [-0.39, 0.29) is 12.0 Å². The molecule has 2 unspecified atom stereocenters. The first-order valence-electron chi connectivity index (χ1n) is 6.18. The smallest absolute Gasteiger partial charge is 0.323 e. The zero-order valence-electron chi connectivity index (χ0n) is 9.92. The lowest BCUT2D eigenvalue weighted by Crippen LogP contribution is -2.44. The fourth-order valence-corrected chi connectivity index (χ4v) is 1.96. The van der Waals surface area contributed by atoms with Gasteiger partial charge in [-0.3, -0.25) is 4.79 Å². The van der Waals surface area contributed by atoms with Crippen molar-refractivity contribution >= 4 is 5.97 Å². The molecule has 0 aromatic heterocycles. The van der Waals surface area contributed by atoms with E-state index in [1.54, 1.807) is 0 Å². The Morgan fingerprint density at radius 3 is 2.93 bits per heavy atom. The molecule has 1 rings (SSSR count). The summed E-state index contributed by atoms with van der Waals surface area (Å²) in [6.07, 6.45) is 5.34. The molecule has 1 N–H and O–H groups in total. The molecule has 3 nitrogen and oxygen atoms in total. The molecule has 1 fully saturated rings. The number of hydrogen-bond acceptors (Lipinski definition) is 3. The van der Waals surface area contributed by atoms with Crippen LogP contribution in [0.3, 0.4) is 0 Å². The third-order valence-electron chi connectivity index (χ3n) is 3.12. The summed E-state index contributed by atoms with van der Waals surface area (Å²) in [6, 6.07) is -0.0550. The van der Waals surface area contributed by atoms with Crippen molar-refractivity contribution in [3.8, 4) is 0 Å². The van der Waals surface area contributed by atoms with Gasteiger partial charge in [-0.2, -0.15) is 0 Å². The molecule has 0 amide bonds. The lowest BCUT2D eigenvalue weighted by Gasteiger charge is -2.28. The number of hydrogen-bond donors (Lipinski definition) is 1. The van der Waals surface area contributed by atoms with Crippen molar-refractivity contribution in [3.05, 3.63) is 0 Å². The molecule has 1 aliphatic heterocycles. The van der Waals surface area contributed by atoms with E-state index in [1.165, 1.54) is 12.8 Å². The van der Waals surface area contributed by atoms with Crippen molar-refractivity contribution < 1.29 is 9.53 Å². The highest BCUT2D eigenvalue weighted by atomic mass is 16.5. The molecule has 0 radical (unpaired) electrons. The van der Waals surface area contributed by atoms with E-state index in [0.29, 0.717) is 12.5 Å². The molecule has 1 saturated heterocycles. The maximum Gasteiger partial charge on any atom is 0.323 e. The van der Waals surface area contributed by atoms with E-state index in [1.807, 2.05) is 0 Å². The fourth-order valence-electron chi connectivity index (χ4n) is 1.96. The summed E-state index contributed by atoms with van der Waals surface area (Å²) in [5, 5.41) is 3.24. The lowest BCUT2D eigenvalue weighted by molar-refractivity contribution is -0.147. The highest BCUT2D eigenvalue weighted by Crippen LogP contribution is 2.19. The number of unbranched alkanes of at least 4 members (excludes halogenated alkanes) is 1. The monoisotopic (exact) mass is 213 g/mol. The predicted molar refractivity (Wildman–Crippen MR) is 60.7 cm³/mol. The van der Waals surface area contributed by atoms with E-state index < -0.39 is 0 Å². The second kappa shape index (κ2) is 6.83. The highest BCUT2D eigenvalue weighted by Gasteiger charge is 2.26. The normalized spacial score (nSPS) is 26.3. The molecule has 3 heteroatoms. The molecule has 0 bridgehead atoms. The molecule has 0 saturated carbocycles. The van der Waals surface area contributed by atoms with Crippen molar-refractivity contribution in [2.45, 2.75) is 52.0 Å². The van der Waals surface area contributed by atoms with Gasteiger partial charge in [-0.1, -0.05) is 26.7 Å². The zero-order valence-corrected chi connectivity index (χ0v) is 9.92. The van der Waals surface area contributed by atoms with Crippen LogP contribution in [0.25, 0.3) is 0 Å². The van der Waals surface area contributed by atoms with Crippen molar-refractivity contribution in [1.29, 1.82) is 0 Å². The Kier molecular flexibility index (Phi) is 5.69. The van der Waals surface area contributed by atoms with Gasteiger partial charge in [-0.05, 0) is 31.7 Å². The Balaban J connectivity index is 2.25. The maximum absolute atomic E-state index is 11.6. The van der Waals surface area contributed by atoms with Crippen LogP contribution in [0.4, 0.5) is 0 Å². The number of nitrogens with one attached hydrogen (secondary N) is 1. The molecule has 0 spiro atoms. The van der Waals surface area contributed by atoms with Crippen molar-refractivity contribution in [2.24, 2.45) is 5.92 Å². The van der Waals surface area contributed by atoms with Gasteiger partial charge in [0.25, 0.3) is 0 Å². The third kappa shape index (κ3) is 4.20. The Bertz CT molecular complexity index is 194. The van der Waals surface area contributed by atoms with Gasteiger partial charge in [-0.25, -0.2) is 0 Å². The molecule has 2 atom stereocenters. The van der Waals surface area contributed by atoms with E-state index in [0.717, 1.165) is 25.8 Å². The summed E-state index contributed by atoms with van der Waals surface area (Å²) in [7, 11) is 0. The van der Waals surface area contributed by atoms with Crippen LogP contribution >= 0.6 is 0 Å². The summed E-state index contributed by atoms with van der Waals surface area (Å²) in [4.78, 5) is 11.6. The van der Waals surface area contributed by atoms with Crippen LogP contribution in [-0.4, -0.2) is 25.2 Å². The summed E-state index contributed by atoms with van der Waals surface area (Å²) >= 11 is 0. The fraction of sp³-hybridized carbons (Fsp3) is 0.917. The SMILES string of the molecule is CCCCOC(=O)C1CC(CC)CCN1. The van der Waals surface area contributed by atoms with Crippen molar-refractivity contribution in [1.82, 2.24) is 5.32 Å². The van der Waals surface area contributed by atoms with Gasteiger partial charge >= 0.3 is 5.97 Å². The van der Waals surface area contributed by atoms with Gasteiger partial charge in [0, 0.05) is 0 Å². The number of carbonyl (C=O) groups is 1. The van der Waals surface area contributed by atoms with Crippen LogP contribution in [0, 0.1) is 5.92 Å². The van der Waals surface area contributed by atoms with Gasteiger partial charge in [0.1, 0.15) is 6.04 Å². The van der Waals surface area contributed by atoms with Gasteiger partial charge in [0.2, 0.25) is 0 Å². The molecule has 88 valence electrons. The number of piperidine rings is 1. The summed E-state index contributed by atoms with van der Waals surface area (Å²) in [5.74, 6) is 0.636. The third-order valence-corrected chi connectivity index (χ3v) is 3.12. The molecule has 0 aromatic rings.